The summed E-state index contributed by atoms with van der Waals surface area (Å²) in [6.45, 7) is 4.16. The molecule has 0 aliphatic carbocycles. The maximum absolute atomic E-state index is 6.52. The third kappa shape index (κ3) is 3.29. The van der Waals surface area contributed by atoms with Crippen molar-refractivity contribution >= 4 is 28.9 Å². The Morgan fingerprint density at radius 3 is 2.28 bits per heavy atom. The van der Waals surface area contributed by atoms with Crippen LogP contribution in [-0.2, 0) is 0 Å². The van der Waals surface area contributed by atoms with Gasteiger partial charge < -0.3 is 4.74 Å². The van der Waals surface area contributed by atoms with Crippen LogP contribution in [0.15, 0.2) is 65.8 Å². The maximum atomic E-state index is 6.52. The van der Waals surface area contributed by atoms with Crippen LogP contribution in [0.1, 0.15) is 46.5 Å². The van der Waals surface area contributed by atoms with Crippen LogP contribution in [-0.4, -0.2) is 10.7 Å². The van der Waals surface area contributed by atoms with Gasteiger partial charge in [0.25, 0.3) is 0 Å². The number of rotatable bonds is 2. The molecule has 2 aliphatic rings. The van der Waals surface area contributed by atoms with Crippen molar-refractivity contribution in [3.8, 4) is 5.75 Å². The molecule has 0 fully saturated rings. The fraction of sp³-hybridized carbons (Fsp3) is 0.208. The SMILES string of the molecule is Cc1ccc(C2=NN3C(C2)c2cc(Cl)cc(Cl)c2OC3c2ccc(C)cc2)cc1. The Bertz CT molecular complexity index is 1110. The van der Waals surface area contributed by atoms with Crippen molar-refractivity contribution < 1.29 is 4.74 Å². The lowest BCUT2D eigenvalue weighted by Crippen LogP contribution is -2.33. The minimum Gasteiger partial charge on any atom is -0.463 e. The zero-order valence-electron chi connectivity index (χ0n) is 16.2. The normalized spacial score (nSPS) is 20.0. The quantitative estimate of drug-likeness (QED) is 0.450. The van der Waals surface area contributed by atoms with Gasteiger partial charge in [-0.05, 0) is 31.5 Å². The molecule has 146 valence electrons. The number of hydrazone groups is 1. The van der Waals surface area contributed by atoms with E-state index < -0.39 is 0 Å². The standard InChI is InChI=1S/C24H20Cl2N2O/c1-14-3-7-16(8-4-14)21-13-22-19-11-18(25)12-20(26)23(19)29-24(28(22)27-21)17-9-5-15(2)6-10-17/h3-12,22,24H,13H2,1-2H3. The first kappa shape index (κ1) is 18.5. The predicted molar refractivity (Wildman–Crippen MR) is 118 cm³/mol. The number of halogens is 2. The van der Waals surface area contributed by atoms with Crippen molar-refractivity contribution in [1.29, 1.82) is 0 Å². The largest absolute Gasteiger partial charge is 0.463 e. The minimum atomic E-state index is -0.338. The lowest BCUT2D eigenvalue weighted by molar-refractivity contribution is -0.0189. The third-order valence-corrected chi connectivity index (χ3v) is 6.05. The third-order valence-electron chi connectivity index (χ3n) is 5.56. The maximum Gasteiger partial charge on any atom is 0.213 e. The molecule has 2 unspecified atom stereocenters. The van der Waals surface area contributed by atoms with Crippen LogP contribution in [0.25, 0.3) is 0 Å². The van der Waals surface area contributed by atoms with Crippen LogP contribution in [0.4, 0.5) is 0 Å². The Labute approximate surface area is 180 Å². The van der Waals surface area contributed by atoms with Crippen molar-refractivity contribution in [1.82, 2.24) is 5.01 Å². The van der Waals surface area contributed by atoms with Crippen LogP contribution >= 0.6 is 23.2 Å². The Balaban J connectivity index is 1.62. The molecule has 5 heteroatoms. The fourth-order valence-electron chi connectivity index (χ4n) is 3.99. The van der Waals surface area contributed by atoms with E-state index in [4.69, 9.17) is 33.0 Å². The second-order valence-corrected chi connectivity index (χ2v) is 8.54. The molecule has 0 radical (unpaired) electrons. The van der Waals surface area contributed by atoms with E-state index in [0.717, 1.165) is 28.8 Å². The van der Waals surface area contributed by atoms with Crippen LogP contribution < -0.4 is 4.74 Å². The summed E-state index contributed by atoms with van der Waals surface area (Å²) in [5.74, 6) is 0.697. The molecule has 2 aliphatic heterocycles. The van der Waals surface area contributed by atoms with Gasteiger partial charge in [0, 0.05) is 22.6 Å². The molecule has 29 heavy (non-hydrogen) atoms. The van der Waals surface area contributed by atoms with Gasteiger partial charge in [-0.1, -0.05) is 82.9 Å². The van der Waals surface area contributed by atoms with E-state index >= 15 is 0 Å². The molecule has 0 bridgehead atoms. The van der Waals surface area contributed by atoms with E-state index in [1.54, 1.807) is 6.07 Å². The summed E-state index contributed by atoms with van der Waals surface area (Å²) in [4.78, 5) is 0. The molecule has 0 spiro atoms. The van der Waals surface area contributed by atoms with Gasteiger partial charge in [0.2, 0.25) is 6.23 Å². The fourth-order valence-corrected chi connectivity index (χ4v) is 4.54. The van der Waals surface area contributed by atoms with Gasteiger partial charge in [-0.15, -0.1) is 0 Å². The molecule has 0 N–H and O–H groups in total. The molecule has 3 aromatic carbocycles. The van der Waals surface area contributed by atoms with Gasteiger partial charge >= 0.3 is 0 Å². The number of nitrogens with zero attached hydrogens (tertiary/aromatic N) is 2. The zero-order valence-corrected chi connectivity index (χ0v) is 17.7. The van der Waals surface area contributed by atoms with E-state index in [9.17, 15) is 0 Å². The molecule has 2 heterocycles. The van der Waals surface area contributed by atoms with Crippen molar-refractivity contribution in [3.63, 3.8) is 0 Å². The van der Waals surface area contributed by atoms with Gasteiger partial charge in [0.05, 0.1) is 16.8 Å². The lowest BCUT2D eigenvalue weighted by Gasteiger charge is -2.38. The van der Waals surface area contributed by atoms with E-state index in [-0.39, 0.29) is 12.3 Å². The summed E-state index contributed by atoms with van der Waals surface area (Å²) in [5.41, 5.74) is 6.64. The van der Waals surface area contributed by atoms with E-state index in [2.05, 4.69) is 67.4 Å². The van der Waals surface area contributed by atoms with Crippen LogP contribution in [0.2, 0.25) is 10.0 Å². The van der Waals surface area contributed by atoms with E-state index in [0.29, 0.717) is 15.8 Å². The average Bonchev–Trinajstić information content (AvgIpc) is 3.14. The van der Waals surface area contributed by atoms with E-state index in [1.165, 1.54) is 11.1 Å². The number of aryl methyl sites for hydroxylation is 2. The molecule has 2 atom stereocenters. The highest BCUT2D eigenvalue weighted by atomic mass is 35.5. The molecule has 0 saturated carbocycles. The van der Waals surface area contributed by atoms with Gasteiger partial charge in [-0.3, -0.25) is 0 Å². The molecular formula is C24H20Cl2N2O. The first-order valence-corrected chi connectivity index (χ1v) is 10.4. The van der Waals surface area contributed by atoms with Gasteiger partial charge in [0.15, 0.2) is 0 Å². The van der Waals surface area contributed by atoms with E-state index in [1.807, 2.05) is 6.07 Å². The number of hydrogen-bond donors (Lipinski definition) is 0. The number of hydrogen-bond acceptors (Lipinski definition) is 3. The number of fused-ring (bicyclic) bond motifs is 3. The smallest absolute Gasteiger partial charge is 0.213 e. The Morgan fingerprint density at radius 2 is 1.59 bits per heavy atom. The molecule has 0 amide bonds. The molecule has 3 nitrogen and oxygen atoms in total. The summed E-state index contributed by atoms with van der Waals surface area (Å²) in [7, 11) is 0. The molecule has 3 aromatic rings. The zero-order chi connectivity index (χ0) is 20.1. The van der Waals surface area contributed by atoms with Crippen molar-refractivity contribution in [2.45, 2.75) is 32.5 Å². The van der Waals surface area contributed by atoms with Crippen molar-refractivity contribution in [2.75, 3.05) is 0 Å². The molecular weight excluding hydrogens is 403 g/mol. The second-order valence-electron chi connectivity index (χ2n) is 7.70. The number of ether oxygens (including phenoxy) is 1. The Hall–Kier alpha value is -2.49. The summed E-state index contributed by atoms with van der Waals surface area (Å²) in [6, 6.07) is 20.5. The first-order valence-electron chi connectivity index (χ1n) is 9.64. The van der Waals surface area contributed by atoms with Crippen molar-refractivity contribution in [2.24, 2.45) is 5.10 Å². The topological polar surface area (TPSA) is 24.8 Å². The highest BCUT2D eigenvalue weighted by Gasteiger charge is 2.42. The Kier molecular flexibility index (Phi) is 4.53. The molecule has 0 aromatic heterocycles. The highest BCUT2D eigenvalue weighted by molar-refractivity contribution is 6.35. The summed E-state index contributed by atoms with van der Waals surface area (Å²) < 4.78 is 6.39. The summed E-state index contributed by atoms with van der Waals surface area (Å²) >= 11 is 12.8. The lowest BCUT2D eigenvalue weighted by atomic mass is 9.95. The average molecular weight is 423 g/mol. The summed E-state index contributed by atoms with van der Waals surface area (Å²) in [6.07, 6.45) is 0.438. The molecule has 5 rings (SSSR count). The summed E-state index contributed by atoms with van der Waals surface area (Å²) in [5, 5.41) is 8.18. The van der Waals surface area contributed by atoms with Crippen LogP contribution in [0.5, 0.6) is 5.75 Å². The minimum absolute atomic E-state index is 0.0255. The van der Waals surface area contributed by atoms with Gasteiger partial charge in [0.1, 0.15) is 5.75 Å². The predicted octanol–water partition coefficient (Wildman–Crippen LogP) is 6.85. The molecule has 0 saturated heterocycles. The number of benzene rings is 3. The monoisotopic (exact) mass is 422 g/mol. The van der Waals surface area contributed by atoms with Crippen molar-refractivity contribution in [3.05, 3.63) is 98.5 Å². The first-order chi connectivity index (χ1) is 14.0. The van der Waals surface area contributed by atoms with Crippen LogP contribution in [0, 0.1) is 13.8 Å². The van der Waals surface area contributed by atoms with Gasteiger partial charge in [-0.2, -0.15) is 5.10 Å². The Morgan fingerprint density at radius 1 is 0.931 bits per heavy atom. The van der Waals surface area contributed by atoms with Gasteiger partial charge in [-0.25, -0.2) is 5.01 Å². The highest BCUT2D eigenvalue weighted by Crippen LogP contribution is 2.50. The van der Waals surface area contributed by atoms with Crippen LogP contribution in [0.3, 0.4) is 0 Å². The second kappa shape index (κ2) is 7.08.